The minimum atomic E-state index is -0.849. The zero-order valence-corrected chi connectivity index (χ0v) is 16.4. The molecule has 0 spiro atoms. The highest BCUT2D eigenvalue weighted by atomic mass is 16.4. The topological polar surface area (TPSA) is 97.8 Å². The summed E-state index contributed by atoms with van der Waals surface area (Å²) in [6, 6.07) is 9.66. The molecular weight excluding hydrogens is 370 g/mol. The molecule has 3 amide bonds. The molecule has 1 fully saturated rings. The van der Waals surface area contributed by atoms with Crippen molar-refractivity contribution in [2.45, 2.75) is 25.8 Å². The van der Waals surface area contributed by atoms with Crippen LogP contribution in [-0.2, 0) is 6.42 Å². The number of carbonyl (C=O) groups is 2. The van der Waals surface area contributed by atoms with Crippen LogP contribution in [0.4, 0.5) is 21.0 Å². The first kappa shape index (κ1) is 19.2. The lowest BCUT2D eigenvalue weighted by Gasteiger charge is -2.37. The summed E-state index contributed by atoms with van der Waals surface area (Å²) in [7, 11) is 0. The smallest absolute Gasteiger partial charge is 0.407 e. The molecule has 152 valence electrons. The Balaban J connectivity index is 1.43. The summed E-state index contributed by atoms with van der Waals surface area (Å²) >= 11 is 0. The fourth-order valence-corrected chi connectivity index (χ4v) is 4.18. The van der Waals surface area contributed by atoms with Crippen LogP contribution in [-0.4, -0.2) is 58.2 Å². The number of nitrogens with zero attached hydrogens (tertiary/aromatic N) is 3. The van der Waals surface area contributed by atoms with Crippen LogP contribution in [0.25, 0.3) is 0 Å². The number of rotatable bonds is 3. The molecular formula is C21H25N5O3. The van der Waals surface area contributed by atoms with Gasteiger partial charge in [0.05, 0.1) is 11.9 Å². The number of carboxylic acid groups (broad SMARTS) is 1. The SMILES string of the molecule is Cc1ccc(NC(=O)Nc2cccc3c2CCC3N2CCN(C(=O)O)CC2)cn1. The van der Waals surface area contributed by atoms with Gasteiger partial charge in [0.2, 0.25) is 0 Å². The third-order valence-corrected chi connectivity index (χ3v) is 5.68. The van der Waals surface area contributed by atoms with Crippen LogP contribution < -0.4 is 10.6 Å². The number of benzene rings is 1. The molecule has 1 aromatic carbocycles. The summed E-state index contributed by atoms with van der Waals surface area (Å²) in [4.78, 5) is 31.6. The van der Waals surface area contributed by atoms with E-state index in [1.807, 2.05) is 31.2 Å². The van der Waals surface area contributed by atoms with Crippen LogP contribution in [0.5, 0.6) is 0 Å². The highest BCUT2D eigenvalue weighted by Gasteiger charge is 2.32. The van der Waals surface area contributed by atoms with E-state index in [0.29, 0.717) is 18.8 Å². The summed E-state index contributed by atoms with van der Waals surface area (Å²) in [6.07, 6.45) is 2.65. The van der Waals surface area contributed by atoms with Crippen molar-refractivity contribution in [1.29, 1.82) is 0 Å². The number of piperazine rings is 1. The van der Waals surface area contributed by atoms with Gasteiger partial charge in [-0.15, -0.1) is 0 Å². The van der Waals surface area contributed by atoms with Crippen LogP contribution in [0, 0.1) is 6.92 Å². The molecule has 1 aliphatic carbocycles. The first-order chi connectivity index (χ1) is 14.0. The Labute approximate surface area is 169 Å². The van der Waals surface area contributed by atoms with E-state index in [-0.39, 0.29) is 12.1 Å². The second kappa shape index (κ2) is 8.08. The van der Waals surface area contributed by atoms with Crippen molar-refractivity contribution in [2.75, 3.05) is 36.8 Å². The number of fused-ring (bicyclic) bond motifs is 1. The van der Waals surface area contributed by atoms with E-state index in [4.69, 9.17) is 5.11 Å². The number of hydrogen-bond acceptors (Lipinski definition) is 4. The Kier molecular flexibility index (Phi) is 5.35. The zero-order chi connectivity index (χ0) is 20.4. The molecule has 1 unspecified atom stereocenters. The van der Waals surface area contributed by atoms with Crippen molar-refractivity contribution in [3.05, 3.63) is 53.3 Å². The number of aromatic nitrogens is 1. The lowest BCUT2D eigenvalue weighted by Crippen LogP contribution is -2.49. The van der Waals surface area contributed by atoms with E-state index < -0.39 is 6.09 Å². The number of aryl methyl sites for hydroxylation is 1. The van der Waals surface area contributed by atoms with Gasteiger partial charge in [-0.1, -0.05) is 12.1 Å². The second-order valence-corrected chi connectivity index (χ2v) is 7.50. The summed E-state index contributed by atoms with van der Waals surface area (Å²) < 4.78 is 0. The van der Waals surface area contributed by atoms with Gasteiger partial charge in [0.15, 0.2) is 0 Å². The third-order valence-electron chi connectivity index (χ3n) is 5.68. The summed E-state index contributed by atoms with van der Waals surface area (Å²) in [5.41, 5.74) is 4.76. The van der Waals surface area contributed by atoms with Gasteiger partial charge in [0, 0.05) is 43.6 Å². The lowest BCUT2D eigenvalue weighted by atomic mass is 10.0. The molecule has 2 heterocycles. The molecule has 1 aliphatic heterocycles. The Morgan fingerprint density at radius 2 is 1.90 bits per heavy atom. The quantitative estimate of drug-likeness (QED) is 0.741. The van der Waals surface area contributed by atoms with E-state index in [1.165, 1.54) is 10.5 Å². The Bertz CT molecular complexity index is 907. The van der Waals surface area contributed by atoms with Crippen LogP contribution >= 0.6 is 0 Å². The van der Waals surface area contributed by atoms with Crippen molar-refractivity contribution in [3.63, 3.8) is 0 Å². The molecule has 1 saturated heterocycles. The van der Waals surface area contributed by atoms with Gasteiger partial charge in [-0.25, -0.2) is 9.59 Å². The average molecular weight is 395 g/mol. The number of carbonyl (C=O) groups excluding carboxylic acids is 1. The van der Waals surface area contributed by atoms with E-state index in [2.05, 4.69) is 26.6 Å². The third kappa shape index (κ3) is 4.17. The Morgan fingerprint density at radius 3 is 2.59 bits per heavy atom. The number of hydrogen-bond donors (Lipinski definition) is 3. The minimum Gasteiger partial charge on any atom is -0.465 e. The first-order valence-electron chi connectivity index (χ1n) is 9.85. The number of nitrogens with one attached hydrogen (secondary N) is 2. The molecule has 29 heavy (non-hydrogen) atoms. The van der Waals surface area contributed by atoms with E-state index >= 15 is 0 Å². The van der Waals surface area contributed by atoms with Crippen molar-refractivity contribution >= 4 is 23.5 Å². The van der Waals surface area contributed by atoms with Crippen molar-refractivity contribution < 1.29 is 14.7 Å². The molecule has 1 aromatic heterocycles. The maximum atomic E-state index is 12.4. The summed E-state index contributed by atoms with van der Waals surface area (Å²) in [5, 5.41) is 14.9. The fourth-order valence-electron chi connectivity index (χ4n) is 4.18. The van der Waals surface area contributed by atoms with Crippen LogP contribution in [0.15, 0.2) is 36.5 Å². The molecule has 3 N–H and O–H groups in total. The van der Waals surface area contributed by atoms with Gasteiger partial charge in [-0.2, -0.15) is 0 Å². The van der Waals surface area contributed by atoms with Crippen LogP contribution in [0.2, 0.25) is 0 Å². The Morgan fingerprint density at radius 1 is 1.10 bits per heavy atom. The van der Waals surface area contributed by atoms with Crippen molar-refractivity contribution in [2.24, 2.45) is 0 Å². The fraction of sp³-hybridized carbons (Fsp3) is 0.381. The van der Waals surface area contributed by atoms with E-state index in [9.17, 15) is 9.59 Å². The molecule has 0 saturated carbocycles. The lowest BCUT2D eigenvalue weighted by molar-refractivity contribution is 0.0849. The number of pyridine rings is 1. The normalized spacial score (nSPS) is 18.9. The monoisotopic (exact) mass is 395 g/mol. The first-order valence-corrected chi connectivity index (χ1v) is 9.85. The molecule has 8 nitrogen and oxygen atoms in total. The zero-order valence-electron chi connectivity index (χ0n) is 16.4. The van der Waals surface area contributed by atoms with Crippen molar-refractivity contribution in [1.82, 2.24) is 14.8 Å². The molecule has 0 bridgehead atoms. The van der Waals surface area contributed by atoms with Gasteiger partial charge < -0.3 is 20.6 Å². The average Bonchev–Trinajstić information content (AvgIpc) is 3.15. The summed E-state index contributed by atoms with van der Waals surface area (Å²) in [6.45, 7) is 4.43. The molecule has 0 radical (unpaired) electrons. The number of anilines is 2. The van der Waals surface area contributed by atoms with Gasteiger partial charge in [0.1, 0.15) is 0 Å². The number of amides is 3. The largest absolute Gasteiger partial charge is 0.465 e. The standard InChI is InChI=1S/C21H25N5O3/c1-14-5-6-15(13-22-14)23-20(27)24-18-4-2-3-17-16(18)7-8-19(17)25-9-11-26(12-10-25)21(28)29/h2-6,13,19H,7-12H2,1H3,(H,28,29)(H2,23,24,27). The highest BCUT2D eigenvalue weighted by Crippen LogP contribution is 2.39. The molecule has 2 aromatic rings. The maximum Gasteiger partial charge on any atom is 0.407 e. The van der Waals surface area contributed by atoms with Crippen molar-refractivity contribution in [3.8, 4) is 0 Å². The van der Waals surface area contributed by atoms with Gasteiger partial charge >= 0.3 is 12.1 Å². The van der Waals surface area contributed by atoms with E-state index in [1.54, 1.807) is 6.20 Å². The van der Waals surface area contributed by atoms with Gasteiger partial charge in [-0.3, -0.25) is 9.88 Å². The predicted molar refractivity (Wildman–Crippen MR) is 110 cm³/mol. The van der Waals surface area contributed by atoms with Gasteiger partial charge in [0.25, 0.3) is 0 Å². The number of urea groups is 1. The molecule has 8 heteroatoms. The molecule has 4 rings (SSSR count). The second-order valence-electron chi connectivity index (χ2n) is 7.50. The maximum absolute atomic E-state index is 12.4. The molecule has 1 atom stereocenters. The van der Waals surface area contributed by atoms with E-state index in [0.717, 1.165) is 42.9 Å². The Hall–Kier alpha value is -3.13. The summed E-state index contributed by atoms with van der Waals surface area (Å²) in [5.74, 6) is 0. The minimum absolute atomic E-state index is 0.270. The predicted octanol–water partition coefficient (Wildman–Crippen LogP) is 3.32. The van der Waals surface area contributed by atoms with Crippen LogP contribution in [0.1, 0.15) is 29.3 Å². The highest BCUT2D eigenvalue weighted by molar-refractivity contribution is 6.00. The van der Waals surface area contributed by atoms with Gasteiger partial charge in [-0.05, 0) is 49.1 Å². The van der Waals surface area contributed by atoms with Crippen LogP contribution in [0.3, 0.4) is 0 Å². The molecule has 2 aliphatic rings.